The van der Waals surface area contributed by atoms with Gasteiger partial charge in [0, 0.05) is 11.2 Å². The topological polar surface area (TPSA) is 69.3 Å². The maximum Gasteiger partial charge on any atom is 0.291 e. The number of rotatable bonds is 8. The van der Waals surface area contributed by atoms with Crippen LogP contribution in [0.25, 0.3) is 0 Å². The van der Waals surface area contributed by atoms with Gasteiger partial charge in [-0.25, -0.2) is 0 Å². The van der Waals surface area contributed by atoms with Crippen molar-refractivity contribution in [3.63, 3.8) is 0 Å². The summed E-state index contributed by atoms with van der Waals surface area (Å²) in [6.07, 6.45) is 3.33. The molecule has 2 heterocycles. The molecule has 4 aromatic rings. The van der Waals surface area contributed by atoms with Crippen molar-refractivity contribution in [1.29, 1.82) is 0 Å². The van der Waals surface area contributed by atoms with Crippen molar-refractivity contribution in [2.45, 2.75) is 32.9 Å². The molecule has 4 rings (SSSR count). The zero-order valence-corrected chi connectivity index (χ0v) is 18.7. The number of aromatic nitrogens is 2. The van der Waals surface area contributed by atoms with Crippen molar-refractivity contribution in [1.82, 2.24) is 9.78 Å². The smallest absolute Gasteiger partial charge is 0.291 e. The largest absolute Gasteiger partial charge is 0.486 e. The predicted molar refractivity (Wildman–Crippen MR) is 124 cm³/mol. The molecule has 0 bridgehead atoms. The minimum absolute atomic E-state index is 0.206. The molecular formula is C25H24ClN3O3. The van der Waals surface area contributed by atoms with Crippen LogP contribution < -0.4 is 10.1 Å². The lowest BCUT2D eigenvalue weighted by molar-refractivity contribution is 0.0992. The van der Waals surface area contributed by atoms with Crippen LogP contribution in [0.15, 0.2) is 77.5 Å². The Hall–Kier alpha value is -3.51. The van der Waals surface area contributed by atoms with Crippen molar-refractivity contribution >= 4 is 23.2 Å². The Morgan fingerprint density at radius 1 is 1.12 bits per heavy atom. The molecule has 1 N–H and O–H groups in total. The SMILES string of the molecule is CC(C)c1ccc(OCc2ccc(C(=O)Nc3cnn(Cc4ccccc4Cl)c3)o2)cc1. The molecule has 32 heavy (non-hydrogen) atoms. The van der Waals surface area contributed by atoms with Gasteiger partial charge in [-0.3, -0.25) is 9.48 Å². The Morgan fingerprint density at radius 2 is 1.91 bits per heavy atom. The third-order valence-corrected chi connectivity index (χ3v) is 5.36. The van der Waals surface area contributed by atoms with Crippen LogP contribution in [-0.2, 0) is 13.2 Å². The lowest BCUT2D eigenvalue weighted by Gasteiger charge is -2.08. The number of halogens is 1. The molecule has 0 saturated heterocycles. The average Bonchev–Trinajstić information content (AvgIpc) is 3.44. The van der Waals surface area contributed by atoms with Gasteiger partial charge in [0.1, 0.15) is 18.1 Å². The first-order chi connectivity index (χ1) is 15.5. The van der Waals surface area contributed by atoms with Crippen molar-refractivity contribution in [3.8, 4) is 5.75 Å². The zero-order valence-electron chi connectivity index (χ0n) is 17.9. The van der Waals surface area contributed by atoms with E-state index in [1.54, 1.807) is 29.2 Å². The van der Waals surface area contributed by atoms with Gasteiger partial charge in [0.15, 0.2) is 5.76 Å². The van der Waals surface area contributed by atoms with Gasteiger partial charge < -0.3 is 14.5 Å². The minimum Gasteiger partial charge on any atom is -0.486 e. The number of nitrogens with zero attached hydrogens (tertiary/aromatic N) is 2. The summed E-state index contributed by atoms with van der Waals surface area (Å²) >= 11 is 6.20. The van der Waals surface area contributed by atoms with E-state index in [4.69, 9.17) is 20.8 Å². The summed E-state index contributed by atoms with van der Waals surface area (Å²) in [6, 6.07) is 18.9. The molecule has 6 nitrogen and oxygen atoms in total. The van der Waals surface area contributed by atoms with Gasteiger partial charge in [-0.2, -0.15) is 5.10 Å². The fraction of sp³-hybridized carbons (Fsp3) is 0.200. The molecule has 2 aromatic carbocycles. The van der Waals surface area contributed by atoms with E-state index in [0.29, 0.717) is 28.9 Å². The van der Waals surface area contributed by atoms with E-state index in [9.17, 15) is 4.79 Å². The highest BCUT2D eigenvalue weighted by molar-refractivity contribution is 6.31. The molecule has 0 atom stereocenters. The molecule has 0 radical (unpaired) electrons. The van der Waals surface area contributed by atoms with Gasteiger partial charge >= 0.3 is 0 Å². The molecule has 164 valence electrons. The van der Waals surface area contributed by atoms with Crippen LogP contribution in [0.2, 0.25) is 5.02 Å². The second-order valence-electron chi connectivity index (χ2n) is 7.75. The Balaban J connectivity index is 1.32. The summed E-state index contributed by atoms with van der Waals surface area (Å²) < 4.78 is 13.1. The first-order valence-electron chi connectivity index (χ1n) is 10.4. The first kappa shape index (κ1) is 21.7. The quantitative estimate of drug-likeness (QED) is 0.351. The third-order valence-electron chi connectivity index (χ3n) is 4.99. The van der Waals surface area contributed by atoms with Gasteiger partial charge in [0.2, 0.25) is 0 Å². The number of carbonyl (C=O) groups is 1. The molecule has 0 saturated carbocycles. The molecule has 0 aliphatic heterocycles. The van der Waals surface area contributed by atoms with Crippen LogP contribution in [0, 0.1) is 0 Å². The third kappa shape index (κ3) is 5.39. The number of hydrogen-bond acceptors (Lipinski definition) is 4. The fourth-order valence-corrected chi connectivity index (χ4v) is 3.38. The van der Waals surface area contributed by atoms with Gasteiger partial charge in [0.05, 0.1) is 18.4 Å². The Bertz CT molecular complexity index is 1200. The number of hydrogen-bond donors (Lipinski definition) is 1. The van der Waals surface area contributed by atoms with Gasteiger partial charge in [-0.1, -0.05) is 55.8 Å². The van der Waals surface area contributed by atoms with E-state index in [1.807, 2.05) is 48.5 Å². The number of amides is 1. The highest BCUT2D eigenvalue weighted by Crippen LogP contribution is 2.21. The van der Waals surface area contributed by atoms with E-state index in [1.165, 1.54) is 5.56 Å². The number of ether oxygens (including phenoxy) is 1. The molecule has 7 heteroatoms. The van der Waals surface area contributed by atoms with Crippen molar-refractivity contribution < 1.29 is 13.9 Å². The summed E-state index contributed by atoms with van der Waals surface area (Å²) in [4.78, 5) is 12.5. The number of anilines is 1. The number of nitrogens with one attached hydrogen (secondary N) is 1. The van der Waals surface area contributed by atoms with E-state index >= 15 is 0 Å². The van der Waals surface area contributed by atoms with Crippen molar-refractivity contribution in [3.05, 3.63) is 101 Å². The van der Waals surface area contributed by atoms with Crippen LogP contribution in [-0.4, -0.2) is 15.7 Å². The molecule has 0 aliphatic rings. The molecule has 2 aromatic heterocycles. The molecule has 0 spiro atoms. The number of carbonyl (C=O) groups excluding carboxylic acids is 1. The van der Waals surface area contributed by atoms with Crippen LogP contribution in [0.3, 0.4) is 0 Å². The fourth-order valence-electron chi connectivity index (χ4n) is 3.19. The molecule has 0 fully saturated rings. The van der Waals surface area contributed by atoms with Crippen LogP contribution in [0.5, 0.6) is 5.75 Å². The highest BCUT2D eigenvalue weighted by atomic mass is 35.5. The second-order valence-corrected chi connectivity index (χ2v) is 8.16. The van der Waals surface area contributed by atoms with Crippen LogP contribution in [0.1, 0.15) is 47.2 Å². The summed E-state index contributed by atoms with van der Waals surface area (Å²) in [6.45, 7) is 5.05. The molecular weight excluding hydrogens is 426 g/mol. The lowest BCUT2D eigenvalue weighted by Crippen LogP contribution is -2.10. The van der Waals surface area contributed by atoms with E-state index in [0.717, 1.165) is 11.3 Å². The van der Waals surface area contributed by atoms with Crippen molar-refractivity contribution in [2.75, 3.05) is 5.32 Å². The Labute approximate surface area is 191 Å². The lowest BCUT2D eigenvalue weighted by atomic mass is 10.0. The Morgan fingerprint density at radius 3 is 2.66 bits per heavy atom. The number of furan rings is 1. The van der Waals surface area contributed by atoms with E-state index < -0.39 is 0 Å². The Kier molecular flexibility index (Phi) is 6.61. The maximum absolute atomic E-state index is 12.5. The monoisotopic (exact) mass is 449 g/mol. The highest BCUT2D eigenvalue weighted by Gasteiger charge is 2.13. The minimum atomic E-state index is -0.352. The van der Waals surface area contributed by atoms with Crippen LogP contribution in [0.4, 0.5) is 5.69 Å². The zero-order chi connectivity index (χ0) is 22.5. The molecule has 0 unspecified atom stereocenters. The van der Waals surface area contributed by atoms with Crippen molar-refractivity contribution in [2.24, 2.45) is 0 Å². The summed E-state index contributed by atoms with van der Waals surface area (Å²) in [7, 11) is 0. The van der Waals surface area contributed by atoms with Gasteiger partial charge in [-0.15, -0.1) is 0 Å². The first-order valence-corrected chi connectivity index (χ1v) is 10.7. The average molecular weight is 450 g/mol. The summed E-state index contributed by atoms with van der Waals surface area (Å²) in [5, 5.41) is 7.75. The molecule has 1 amide bonds. The van der Waals surface area contributed by atoms with Gasteiger partial charge in [0.25, 0.3) is 5.91 Å². The standard InChI is InChI=1S/C25H24ClN3O3/c1-17(2)18-7-9-21(10-8-18)31-16-22-11-12-24(32-22)25(30)28-20-13-27-29(15-20)14-19-5-3-4-6-23(19)26/h3-13,15,17H,14,16H2,1-2H3,(H,28,30). The van der Waals surface area contributed by atoms with Gasteiger partial charge in [-0.05, 0) is 47.4 Å². The maximum atomic E-state index is 12.5. The van der Waals surface area contributed by atoms with E-state index in [2.05, 4.69) is 24.3 Å². The van der Waals surface area contributed by atoms with E-state index in [-0.39, 0.29) is 18.3 Å². The summed E-state index contributed by atoms with van der Waals surface area (Å²) in [5.74, 6) is 1.64. The predicted octanol–water partition coefficient (Wildman–Crippen LogP) is 6.13. The second kappa shape index (κ2) is 9.75. The van der Waals surface area contributed by atoms with Crippen LogP contribution >= 0.6 is 11.6 Å². The molecule has 0 aliphatic carbocycles. The normalized spacial score (nSPS) is 11.0. The number of benzene rings is 2. The summed E-state index contributed by atoms with van der Waals surface area (Å²) in [5.41, 5.74) is 2.77.